The minimum atomic E-state index is 0.00395. The van der Waals surface area contributed by atoms with Crippen LogP contribution in [0, 0.1) is 0 Å². The highest BCUT2D eigenvalue weighted by atomic mass is 35.5. The second kappa shape index (κ2) is 7.26. The first-order valence-electron chi connectivity index (χ1n) is 8.66. The average molecular weight is 367 g/mol. The number of benzene rings is 2. The van der Waals surface area contributed by atoms with Crippen molar-refractivity contribution in [2.45, 2.75) is 0 Å². The predicted molar refractivity (Wildman–Crippen MR) is 105 cm³/mol. The zero-order chi connectivity index (χ0) is 17.9. The van der Waals surface area contributed by atoms with E-state index in [4.69, 9.17) is 16.0 Å². The second-order valence-corrected chi connectivity index (χ2v) is 6.69. The first-order valence-corrected chi connectivity index (χ1v) is 9.03. The highest BCUT2D eigenvalue weighted by Gasteiger charge is 2.21. The molecule has 0 bridgehead atoms. The summed E-state index contributed by atoms with van der Waals surface area (Å²) in [6.07, 6.45) is 3.33. The number of furan rings is 1. The van der Waals surface area contributed by atoms with Gasteiger partial charge in [0.1, 0.15) is 11.3 Å². The molecule has 5 heteroatoms. The number of hydrogen-bond acceptors (Lipinski definition) is 3. The third-order valence-electron chi connectivity index (χ3n) is 4.62. The van der Waals surface area contributed by atoms with Gasteiger partial charge >= 0.3 is 0 Å². The summed E-state index contributed by atoms with van der Waals surface area (Å²) in [7, 11) is 0. The molecule has 2 aromatic carbocycles. The Bertz CT molecular complexity index is 922. The van der Waals surface area contributed by atoms with Gasteiger partial charge in [-0.05, 0) is 30.3 Å². The quantitative estimate of drug-likeness (QED) is 0.643. The van der Waals surface area contributed by atoms with E-state index >= 15 is 0 Å². The molecule has 1 aliphatic rings. The Morgan fingerprint density at radius 2 is 1.73 bits per heavy atom. The second-order valence-electron chi connectivity index (χ2n) is 6.28. The Balaban J connectivity index is 1.38. The van der Waals surface area contributed by atoms with Gasteiger partial charge in [-0.2, -0.15) is 0 Å². The van der Waals surface area contributed by atoms with Crippen molar-refractivity contribution in [1.29, 1.82) is 0 Å². The monoisotopic (exact) mass is 366 g/mol. The molecule has 1 aromatic heterocycles. The van der Waals surface area contributed by atoms with Crippen molar-refractivity contribution in [3.8, 4) is 0 Å². The van der Waals surface area contributed by atoms with Crippen molar-refractivity contribution in [3.63, 3.8) is 0 Å². The smallest absolute Gasteiger partial charge is 0.246 e. The molecule has 0 saturated carbocycles. The van der Waals surface area contributed by atoms with Crippen LogP contribution in [0.3, 0.4) is 0 Å². The van der Waals surface area contributed by atoms with E-state index in [0.29, 0.717) is 18.8 Å². The van der Waals surface area contributed by atoms with Crippen LogP contribution in [0.1, 0.15) is 5.76 Å². The first-order chi connectivity index (χ1) is 12.7. The molecular weight excluding hydrogens is 348 g/mol. The largest absolute Gasteiger partial charge is 0.457 e. The molecule has 3 aromatic rings. The van der Waals surface area contributed by atoms with E-state index in [1.807, 2.05) is 59.5 Å². The standard InChI is InChI=1S/C21H19ClN2O2/c22-18-6-2-3-7-19(18)23-11-13-24(14-12-23)21(25)10-9-17-15-16-5-1-4-8-20(16)26-17/h1-10,15H,11-14H2/b10-9+. The van der Waals surface area contributed by atoms with Gasteiger partial charge in [-0.15, -0.1) is 0 Å². The number of amides is 1. The van der Waals surface area contributed by atoms with Gasteiger partial charge < -0.3 is 14.2 Å². The van der Waals surface area contributed by atoms with Crippen LogP contribution >= 0.6 is 11.6 Å². The maximum absolute atomic E-state index is 12.4. The molecule has 1 saturated heterocycles. The van der Waals surface area contributed by atoms with Crippen molar-refractivity contribution in [2.24, 2.45) is 0 Å². The van der Waals surface area contributed by atoms with Crippen LogP contribution in [-0.4, -0.2) is 37.0 Å². The number of hydrogen-bond donors (Lipinski definition) is 0. The van der Waals surface area contributed by atoms with Crippen molar-refractivity contribution in [3.05, 3.63) is 71.5 Å². The van der Waals surface area contributed by atoms with Gasteiger partial charge in [-0.25, -0.2) is 0 Å². The Hall–Kier alpha value is -2.72. The molecule has 4 nitrogen and oxygen atoms in total. The summed E-state index contributed by atoms with van der Waals surface area (Å²) in [5, 5.41) is 1.78. The Morgan fingerprint density at radius 1 is 1.00 bits per heavy atom. The van der Waals surface area contributed by atoms with Gasteiger partial charge in [-0.1, -0.05) is 41.9 Å². The highest BCUT2D eigenvalue weighted by Crippen LogP contribution is 2.26. The van der Waals surface area contributed by atoms with Crippen LogP contribution in [-0.2, 0) is 4.79 Å². The summed E-state index contributed by atoms with van der Waals surface area (Å²) in [6, 6.07) is 17.6. The van der Waals surface area contributed by atoms with Gasteiger partial charge in [0.05, 0.1) is 10.7 Å². The zero-order valence-corrected chi connectivity index (χ0v) is 15.0. The van der Waals surface area contributed by atoms with E-state index in [-0.39, 0.29) is 5.91 Å². The van der Waals surface area contributed by atoms with Crippen molar-refractivity contribution in [2.75, 3.05) is 31.1 Å². The molecular formula is C21H19ClN2O2. The SMILES string of the molecule is O=C(/C=C/c1cc2ccccc2o1)N1CCN(c2ccccc2Cl)CC1. The van der Waals surface area contributed by atoms with Crippen molar-refractivity contribution < 1.29 is 9.21 Å². The minimum absolute atomic E-state index is 0.00395. The number of anilines is 1. The number of rotatable bonds is 3. The fourth-order valence-corrected chi connectivity index (χ4v) is 3.47. The van der Waals surface area contributed by atoms with Crippen molar-refractivity contribution >= 4 is 40.2 Å². The fraction of sp³-hybridized carbons (Fsp3) is 0.190. The molecule has 0 aliphatic carbocycles. The number of carbonyl (C=O) groups is 1. The Morgan fingerprint density at radius 3 is 2.50 bits per heavy atom. The number of halogens is 1. The maximum Gasteiger partial charge on any atom is 0.246 e. The van der Waals surface area contributed by atoms with Crippen LogP contribution in [0.25, 0.3) is 17.0 Å². The lowest BCUT2D eigenvalue weighted by Gasteiger charge is -2.36. The molecule has 26 heavy (non-hydrogen) atoms. The number of nitrogens with zero attached hydrogens (tertiary/aromatic N) is 2. The van der Waals surface area contributed by atoms with Crippen LogP contribution in [0.4, 0.5) is 5.69 Å². The summed E-state index contributed by atoms with van der Waals surface area (Å²) in [5.74, 6) is 0.693. The van der Waals surface area contributed by atoms with E-state index in [1.54, 1.807) is 12.2 Å². The van der Waals surface area contributed by atoms with Gasteiger partial charge in [0.15, 0.2) is 0 Å². The summed E-state index contributed by atoms with van der Waals surface area (Å²) in [5.41, 5.74) is 1.85. The summed E-state index contributed by atoms with van der Waals surface area (Å²) < 4.78 is 5.71. The number of para-hydroxylation sites is 2. The lowest BCUT2D eigenvalue weighted by atomic mass is 10.2. The molecule has 0 spiro atoms. The molecule has 1 fully saturated rings. The van der Waals surface area contributed by atoms with E-state index in [0.717, 1.165) is 34.8 Å². The van der Waals surface area contributed by atoms with E-state index in [9.17, 15) is 4.79 Å². The Labute approximate surface area is 157 Å². The van der Waals surface area contributed by atoms with Crippen LogP contribution in [0.5, 0.6) is 0 Å². The number of carbonyl (C=O) groups excluding carboxylic acids is 1. The molecule has 0 N–H and O–H groups in total. The Kier molecular flexibility index (Phi) is 4.67. The number of piperazine rings is 1. The number of fused-ring (bicyclic) bond motifs is 1. The van der Waals surface area contributed by atoms with Crippen molar-refractivity contribution in [1.82, 2.24) is 4.90 Å². The van der Waals surface area contributed by atoms with Crippen LogP contribution in [0.2, 0.25) is 5.02 Å². The lowest BCUT2D eigenvalue weighted by molar-refractivity contribution is -0.126. The normalized spacial score (nSPS) is 15.1. The molecule has 2 heterocycles. The van der Waals surface area contributed by atoms with Crippen LogP contribution in [0.15, 0.2) is 65.1 Å². The van der Waals surface area contributed by atoms with Gasteiger partial charge in [0, 0.05) is 37.6 Å². The molecule has 0 atom stereocenters. The fourth-order valence-electron chi connectivity index (χ4n) is 3.22. The van der Waals surface area contributed by atoms with Gasteiger partial charge in [0.2, 0.25) is 5.91 Å². The molecule has 1 amide bonds. The first kappa shape index (κ1) is 16.7. The third-order valence-corrected chi connectivity index (χ3v) is 4.94. The summed E-state index contributed by atoms with van der Waals surface area (Å²) >= 11 is 6.26. The third kappa shape index (κ3) is 3.46. The van der Waals surface area contributed by atoms with Gasteiger partial charge in [0.25, 0.3) is 0 Å². The van der Waals surface area contributed by atoms with Crippen LogP contribution < -0.4 is 4.90 Å². The molecule has 0 unspecified atom stereocenters. The molecule has 1 aliphatic heterocycles. The van der Waals surface area contributed by atoms with E-state index in [1.165, 1.54) is 0 Å². The molecule has 0 radical (unpaired) electrons. The average Bonchev–Trinajstić information content (AvgIpc) is 3.10. The maximum atomic E-state index is 12.4. The van der Waals surface area contributed by atoms with E-state index < -0.39 is 0 Å². The topological polar surface area (TPSA) is 36.7 Å². The highest BCUT2D eigenvalue weighted by molar-refractivity contribution is 6.33. The van der Waals surface area contributed by atoms with Gasteiger partial charge in [-0.3, -0.25) is 4.79 Å². The zero-order valence-electron chi connectivity index (χ0n) is 14.3. The predicted octanol–water partition coefficient (Wildman–Crippen LogP) is 4.45. The summed E-state index contributed by atoms with van der Waals surface area (Å²) in [4.78, 5) is 16.5. The minimum Gasteiger partial charge on any atom is -0.457 e. The summed E-state index contributed by atoms with van der Waals surface area (Å²) in [6.45, 7) is 2.89. The van der Waals surface area contributed by atoms with E-state index in [2.05, 4.69) is 4.90 Å². The lowest BCUT2D eigenvalue weighted by Crippen LogP contribution is -2.48. The molecule has 132 valence electrons. The molecule has 4 rings (SSSR count).